The van der Waals surface area contributed by atoms with Crippen LogP contribution in [0.25, 0.3) is 0 Å². The van der Waals surface area contributed by atoms with Crippen LogP contribution in [-0.2, 0) is 11.3 Å². The van der Waals surface area contributed by atoms with E-state index in [9.17, 15) is 4.79 Å². The number of anilines is 1. The van der Waals surface area contributed by atoms with E-state index in [-0.39, 0.29) is 18.5 Å². The summed E-state index contributed by atoms with van der Waals surface area (Å²) in [6, 6.07) is 1.95. The van der Waals surface area contributed by atoms with E-state index < -0.39 is 0 Å². The molecule has 0 spiro atoms. The number of carbonyl (C=O) groups excluding carboxylic acids is 1. The number of rotatable bonds is 6. The Hall–Kier alpha value is -1.52. The summed E-state index contributed by atoms with van der Waals surface area (Å²) in [6.45, 7) is 4.42. The zero-order chi connectivity index (χ0) is 12.0. The summed E-state index contributed by atoms with van der Waals surface area (Å²) in [7, 11) is 0. The van der Waals surface area contributed by atoms with E-state index in [2.05, 4.69) is 24.3 Å². The molecule has 90 valence electrons. The van der Waals surface area contributed by atoms with E-state index >= 15 is 0 Å². The summed E-state index contributed by atoms with van der Waals surface area (Å²) in [5, 5.41) is 6.95. The summed E-state index contributed by atoms with van der Waals surface area (Å²) in [4.78, 5) is 11.7. The van der Waals surface area contributed by atoms with Gasteiger partial charge in [0.15, 0.2) is 0 Å². The molecule has 0 aliphatic heterocycles. The summed E-state index contributed by atoms with van der Waals surface area (Å²) in [5.74, 6) is 0.428. The van der Waals surface area contributed by atoms with Gasteiger partial charge in [-0.15, -0.1) is 0 Å². The minimum absolute atomic E-state index is 0.0107. The maximum absolute atomic E-state index is 11.7. The first-order valence-electron chi connectivity index (χ1n) is 5.74. The van der Waals surface area contributed by atoms with Crippen molar-refractivity contribution in [2.75, 3.05) is 5.73 Å². The fourth-order valence-electron chi connectivity index (χ4n) is 1.61. The SMILES string of the molecule is CCCC(CC)NC(=O)Cn1ccc(N)n1. The summed E-state index contributed by atoms with van der Waals surface area (Å²) >= 11 is 0. The fraction of sp³-hybridized carbons (Fsp3) is 0.636. The molecule has 1 aromatic rings. The maximum Gasteiger partial charge on any atom is 0.241 e. The Labute approximate surface area is 96.0 Å². The lowest BCUT2D eigenvalue weighted by Crippen LogP contribution is -2.36. The van der Waals surface area contributed by atoms with Gasteiger partial charge in [0.25, 0.3) is 0 Å². The molecule has 0 saturated heterocycles. The van der Waals surface area contributed by atoms with Gasteiger partial charge >= 0.3 is 0 Å². The highest BCUT2D eigenvalue weighted by molar-refractivity contribution is 5.75. The molecule has 0 aliphatic rings. The van der Waals surface area contributed by atoms with Crippen molar-refractivity contribution >= 4 is 11.7 Å². The third-order valence-corrected chi connectivity index (χ3v) is 2.46. The van der Waals surface area contributed by atoms with Crippen molar-refractivity contribution in [1.29, 1.82) is 0 Å². The summed E-state index contributed by atoms with van der Waals surface area (Å²) in [5.41, 5.74) is 5.47. The largest absolute Gasteiger partial charge is 0.382 e. The minimum atomic E-state index is -0.0107. The van der Waals surface area contributed by atoms with Crippen LogP contribution in [-0.4, -0.2) is 21.7 Å². The van der Waals surface area contributed by atoms with Crippen LogP contribution in [0.2, 0.25) is 0 Å². The molecule has 1 amide bonds. The zero-order valence-electron chi connectivity index (χ0n) is 9.94. The minimum Gasteiger partial charge on any atom is -0.382 e. The topological polar surface area (TPSA) is 72.9 Å². The van der Waals surface area contributed by atoms with Gasteiger partial charge in [-0.1, -0.05) is 20.3 Å². The van der Waals surface area contributed by atoms with E-state index in [1.54, 1.807) is 16.9 Å². The average Bonchev–Trinajstić information content (AvgIpc) is 2.63. The molecule has 5 heteroatoms. The average molecular weight is 224 g/mol. The van der Waals surface area contributed by atoms with Crippen molar-refractivity contribution < 1.29 is 4.79 Å². The fourth-order valence-corrected chi connectivity index (χ4v) is 1.61. The highest BCUT2D eigenvalue weighted by atomic mass is 16.2. The molecular weight excluding hydrogens is 204 g/mol. The normalized spacial score (nSPS) is 12.4. The Morgan fingerprint density at radius 1 is 1.62 bits per heavy atom. The molecule has 1 rings (SSSR count). The number of carbonyl (C=O) groups is 1. The van der Waals surface area contributed by atoms with Crippen molar-refractivity contribution in [2.45, 2.75) is 45.7 Å². The Morgan fingerprint density at radius 3 is 2.88 bits per heavy atom. The second kappa shape index (κ2) is 6.15. The molecule has 1 heterocycles. The molecule has 0 saturated carbocycles. The van der Waals surface area contributed by atoms with Gasteiger partial charge in [0.05, 0.1) is 0 Å². The van der Waals surface area contributed by atoms with Crippen LogP contribution in [0.4, 0.5) is 5.82 Å². The molecule has 0 bridgehead atoms. The Balaban J connectivity index is 2.40. The van der Waals surface area contributed by atoms with Gasteiger partial charge in [0.1, 0.15) is 12.4 Å². The lowest BCUT2D eigenvalue weighted by atomic mass is 10.1. The second-order valence-corrected chi connectivity index (χ2v) is 3.90. The number of aromatic nitrogens is 2. The van der Waals surface area contributed by atoms with E-state index in [0.717, 1.165) is 19.3 Å². The molecule has 5 nitrogen and oxygen atoms in total. The summed E-state index contributed by atoms with van der Waals surface area (Å²) in [6.07, 6.45) is 4.76. The van der Waals surface area contributed by atoms with Gasteiger partial charge in [-0.25, -0.2) is 0 Å². The van der Waals surface area contributed by atoms with Crippen LogP contribution in [0.5, 0.6) is 0 Å². The van der Waals surface area contributed by atoms with Crippen molar-refractivity contribution in [3.8, 4) is 0 Å². The van der Waals surface area contributed by atoms with Crippen LogP contribution in [0.3, 0.4) is 0 Å². The Kier molecular flexibility index (Phi) is 4.82. The number of amides is 1. The first kappa shape index (κ1) is 12.5. The van der Waals surface area contributed by atoms with E-state index in [0.29, 0.717) is 5.82 Å². The molecule has 0 radical (unpaired) electrons. The number of nitrogens with two attached hydrogens (primary N) is 1. The summed E-state index contributed by atoms with van der Waals surface area (Å²) < 4.78 is 1.54. The number of nitrogens with one attached hydrogen (secondary N) is 1. The first-order valence-corrected chi connectivity index (χ1v) is 5.74. The molecule has 1 aromatic heterocycles. The standard InChI is InChI=1S/C11H20N4O/c1-3-5-9(4-2)13-11(16)8-15-7-6-10(12)14-15/h6-7,9H,3-5,8H2,1-2H3,(H2,12,14)(H,13,16). The molecular formula is C11H20N4O. The third-order valence-electron chi connectivity index (χ3n) is 2.46. The zero-order valence-corrected chi connectivity index (χ0v) is 9.94. The number of nitrogens with zero attached hydrogens (tertiary/aromatic N) is 2. The second-order valence-electron chi connectivity index (χ2n) is 3.90. The van der Waals surface area contributed by atoms with Crippen molar-refractivity contribution in [3.05, 3.63) is 12.3 Å². The van der Waals surface area contributed by atoms with Gasteiger partial charge in [-0.05, 0) is 18.9 Å². The van der Waals surface area contributed by atoms with Crippen molar-refractivity contribution in [3.63, 3.8) is 0 Å². The monoisotopic (exact) mass is 224 g/mol. The van der Waals surface area contributed by atoms with Gasteiger partial charge in [0.2, 0.25) is 5.91 Å². The molecule has 1 atom stereocenters. The lowest BCUT2D eigenvalue weighted by Gasteiger charge is -2.15. The maximum atomic E-state index is 11.7. The van der Waals surface area contributed by atoms with Crippen LogP contribution in [0, 0.1) is 0 Å². The van der Waals surface area contributed by atoms with Gasteiger partial charge < -0.3 is 11.1 Å². The van der Waals surface area contributed by atoms with Crippen LogP contribution in [0.1, 0.15) is 33.1 Å². The van der Waals surface area contributed by atoms with Crippen molar-refractivity contribution in [1.82, 2.24) is 15.1 Å². The molecule has 0 aliphatic carbocycles. The van der Waals surface area contributed by atoms with E-state index in [1.165, 1.54) is 0 Å². The molecule has 0 fully saturated rings. The number of hydrogen-bond donors (Lipinski definition) is 2. The highest BCUT2D eigenvalue weighted by Crippen LogP contribution is 2.01. The predicted octanol–water partition coefficient (Wildman–Crippen LogP) is 1.16. The molecule has 3 N–H and O–H groups in total. The lowest BCUT2D eigenvalue weighted by molar-refractivity contribution is -0.122. The Bertz CT molecular complexity index is 334. The van der Waals surface area contributed by atoms with Crippen molar-refractivity contribution in [2.24, 2.45) is 0 Å². The Morgan fingerprint density at radius 2 is 2.38 bits per heavy atom. The van der Waals surface area contributed by atoms with Crippen LogP contribution < -0.4 is 11.1 Å². The van der Waals surface area contributed by atoms with E-state index in [1.807, 2.05) is 0 Å². The quantitative estimate of drug-likeness (QED) is 0.761. The first-order chi connectivity index (χ1) is 7.65. The third kappa shape index (κ3) is 3.92. The predicted molar refractivity (Wildman–Crippen MR) is 63.8 cm³/mol. The molecule has 1 unspecified atom stereocenters. The molecule has 0 aromatic carbocycles. The number of hydrogen-bond acceptors (Lipinski definition) is 3. The van der Waals surface area contributed by atoms with E-state index in [4.69, 9.17) is 5.73 Å². The van der Waals surface area contributed by atoms with Gasteiger partial charge in [0, 0.05) is 12.2 Å². The molecule has 16 heavy (non-hydrogen) atoms. The number of nitrogen functional groups attached to an aromatic ring is 1. The van der Waals surface area contributed by atoms with Gasteiger partial charge in [-0.2, -0.15) is 5.10 Å². The highest BCUT2D eigenvalue weighted by Gasteiger charge is 2.10. The van der Waals surface area contributed by atoms with Gasteiger partial charge in [-0.3, -0.25) is 9.48 Å². The smallest absolute Gasteiger partial charge is 0.241 e. The van der Waals surface area contributed by atoms with Crippen LogP contribution >= 0.6 is 0 Å². The van der Waals surface area contributed by atoms with Crippen LogP contribution in [0.15, 0.2) is 12.3 Å².